The van der Waals surface area contributed by atoms with Crippen molar-refractivity contribution < 1.29 is 19.1 Å². The molecule has 1 aliphatic rings. The summed E-state index contributed by atoms with van der Waals surface area (Å²) in [5.74, 6) is -1.03. The first kappa shape index (κ1) is 14.3. The minimum absolute atomic E-state index is 0.109. The van der Waals surface area contributed by atoms with Gasteiger partial charge in [0, 0.05) is 17.3 Å². The Bertz CT molecular complexity index is 570. The molecule has 108 valence electrons. The van der Waals surface area contributed by atoms with E-state index in [0.29, 0.717) is 16.8 Å². The summed E-state index contributed by atoms with van der Waals surface area (Å²) in [6.45, 7) is 4.55. The molecule has 1 aliphatic carbocycles. The van der Waals surface area contributed by atoms with Crippen LogP contribution in [0.15, 0.2) is 0 Å². The lowest BCUT2D eigenvalue weighted by Crippen LogP contribution is -2.30. The molecule has 0 radical (unpaired) electrons. The van der Waals surface area contributed by atoms with E-state index in [2.05, 4.69) is 10.3 Å². The fraction of sp³-hybridized carbons (Fsp3) is 0.500. The zero-order valence-corrected chi connectivity index (χ0v) is 11.8. The van der Waals surface area contributed by atoms with Crippen LogP contribution in [0.25, 0.3) is 0 Å². The van der Waals surface area contributed by atoms with Crippen LogP contribution in [0.5, 0.6) is 0 Å². The second kappa shape index (κ2) is 5.48. The number of hydrogen-bond acceptors (Lipinski definition) is 4. The van der Waals surface area contributed by atoms with Gasteiger partial charge >= 0.3 is 5.97 Å². The molecule has 1 saturated carbocycles. The van der Waals surface area contributed by atoms with Gasteiger partial charge in [0.2, 0.25) is 0 Å². The Kier molecular flexibility index (Phi) is 3.92. The van der Waals surface area contributed by atoms with Crippen molar-refractivity contribution in [3.8, 4) is 0 Å². The quantitative estimate of drug-likeness (QED) is 0.627. The first-order valence-corrected chi connectivity index (χ1v) is 6.56. The van der Waals surface area contributed by atoms with Crippen molar-refractivity contribution in [1.82, 2.24) is 10.3 Å². The number of amides is 1. The Morgan fingerprint density at radius 3 is 2.45 bits per heavy atom. The van der Waals surface area contributed by atoms with Crippen LogP contribution in [0, 0.1) is 13.8 Å². The molecular formula is C14H18N2O4. The van der Waals surface area contributed by atoms with E-state index in [4.69, 9.17) is 4.74 Å². The average Bonchev–Trinajstić information content (AvgIpc) is 3.11. The summed E-state index contributed by atoms with van der Waals surface area (Å²) in [7, 11) is 0. The Hall–Kier alpha value is -2.11. The fourth-order valence-electron chi connectivity index (χ4n) is 2.18. The average molecular weight is 278 g/mol. The molecule has 0 aliphatic heterocycles. The largest absolute Gasteiger partial charge is 0.451 e. The van der Waals surface area contributed by atoms with Crippen LogP contribution in [0.1, 0.15) is 51.9 Å². The number of Topliss-reactive ketones (excluding diaryl/α,β-unsaturated/α-hetero) is 1. The third-order valence-electron chi connectivity index (χ3n) is 3.27. The molecule has 1 aromatic heterocycles. The van der Waals surface area contributed by atoms with E-state index >= 15 is 0 Å². The molecule has 1 fully saturated rings. The zero-order valence-electron chi connectivity index (χ0n) is 11.8. The molecule has 1 heterocycles. The Balaban J connectivity index is 2.00. The SMILES string of the molecule is CC(=O)c1c(C)[nH]c(C(=O)OCC(=O)NC2CC2)c1C. The molecule has 0 aromatic carbocycles. The van der Waals surface area contributed by atoms with Gasteiger partial charge < -0.3 is 15.0 Å². The van der Waals surface area contributed by atoms with E-state index in [1.54, 1.807) is 13.8 Å². The topological polar surface area (TPSA) is 88.3 Å². The molecule has 0 spiro atoms. The van der Waals surface area contributed by atoms with Gasteiger partial charge in [-0.05, 0) is 39.2 Å². The molecule has 0 unspecified atom stereocenters. The minimum Gasteiger partial charge on any atom is -0.451 e. The van der Waals surface area contributed by atoms with E-state index < -0.39 is 5.97 Å². The van der Waals surface area contributed by atoms with Gasteiger partial charge in [-0.15, -0.1) is 0 Å². The number of aryl methyl sites for hydroxylation is 1. The van der Waals surface area contributed by atoms with Crippen molar-refractivity contribution in [1.29, 1.82) is 0 Å². The number of ketones is 1. The summed E-state index contributed by atoms with van der Waals surface area (Å²) in [4.78, 5) is 37.7. The van der Waals surface area contributed by atoms with Gasteiger partial charge in [0.25, 0.3) is 5.91 Å². The summed E-state index contributed by atoms with van der Waals surface area (Å²) < 4.78 is 4.95. The number of rotatable bonds is 5. The van der Waals surface area contributed by atoms with Crippen LogP contribution in [0.4, 0.5) is 0 Å². The highest BCUT2D eigenvalue weighted by molar-refractivity contribution is 6.01. The van der Waals surface area contributed by atoms with Gasteiger partial charge in [0.05, 0.1) is 0 Å². The van der Waals surface area contributed by atoms with Crippen LogP contribution in [-0.4, -0.2) is 35.3 Å². The number of nitrogens with one attached hydrogen (secondary N) is 2. The van der Waals surface area contributed by atoms with Crippen LogP contribution in [0.2, 0.25) is 0 Å². The predicted octanol–water partition coefficient (Wildman–Crippen LogP) is 1.27. The van der Waals surface area contributed by atoms with Gasteiger partial charge in [0.1, 0.15) is 5.69 Å². The maximum Gasteiger partial charge on any atom is 0.355 e. The van der Waals surface area contributed by atoms with Gasteiger partial charge in [0.15, 0.2) is 12.4 Å². The number of hydrogen-bond donors (Lipinski definition) is 2. The van der Waals surface area contributed by atoms with Crippen molar-refractivity contribution in [2.75, 3.05) is 6.61 Å². The van der Waals surface area contributed by atoms with E-state index in [1.807, 2.05) is 0 Å². The summed E-state index contributed by atoms with van der Waals surface area (Å²) in [6.07, 6.45) is 1.97. The molecule has 2 N–H and O–H groups in total. The Labute approximate surface area is 116 Å². The Morgan fingerprint density at radius 1 is 1.30 bits per heavy atom. The zero-order chi connectivity index (χ0) is 14.9. The molecule has 1 amide bonds. The maximum absolute atomic E-state index is 11.9. The highest BCUT2D eigenvalue weighted by atomic mass is 16.5. The van der Waals surface area contributed by atoms with Gasteiger partial charge in [-0.25, -0.2) is 4.79 Å². The molecular weight excluding hydrogens is 260 g/mol. The van der Waals surface area contributed by atoms with Crippen LogP contribution >= 0.6 is 0 Å². The monoisotopic (exact) mass is 278 g/mol. The second-order valence-corrected chi connectivity index (χ2v) is 5.10. The summed E-state index contributed by atoms with van der Waals surface area (Å²) in [5, 5.41) is 2.73. The molecule has 6 nitrogen and oxygen atoms in total. The number of esters is 1. The number of aromatic amines is 1. The maximum atomic E-state index is 11.9. The Morgan fingerprint density at radius 2 is 1.95 bits per heavy atom. The molecule has 6 heteroatoms. The molecule has 1 aromatic rings. The molecule has 0 bridgehead atoms. The van der Waals surface area contributed by atoms with E-state index in [1.165, 1.54) is 6.92 Å². The third kappa shape index (κ3) is 3.07. The third-order valence-corrected chi connectivity index (χ3v) is 3.27. The van der Waals surface area contributed by atoms with Crippen LogP contribution in [0.3, 0.4) is 0 Å². The summed E-state index contributed by atoms with van der Waals surface area (Å²) in [5.41, 5.74) is 1.92. The number of H-pyrrole nitrogens is 1. The molecule has 0 saturated heterocycles. The van der Waals surface area contributed by atoms with Crippen LogP contribution < -0.4 is 5.32 Å². The fourth-order valence-corrected chi connectivity index (χ4v) is 2.18. The summed E-state index contributed by atoms with van der Waals surface area (Å²) >= 11 is 0. The standard InChI is InChI=1S/C14H18N2O4/c1-7-12(9(3)17)8(2)15-13(7)14(19)20-6-11(18)16-10-4-5-10/h10,15H,4-6H2,1-3H3,(H,16,18). The van der Waals surface area contributed by atoms with E-state index in [9.17, 15) is 14.4 Å². The minimum atomic E-state index is -0.621. The molecule has 0 atom stereocenters. The van der Waals surface area contributed by atoms with Gasteiger partial charge in [-0.1, -0.05) is 0 Å². The van der Waals surface area contributed by atoms with Gasteiger partial charge in [-0.3, -0.25) is 9.59 Å². The highest BCUT2D eigenvalue weighted by Crippen LogP contribution is 2.20. The van der Waals surface area contributed by atoms with E-state index in [0.717, 1.165) is 12.8 Å². The van der Waals surface area contributed by atoms with Crippen molar-refractivity contribution in [2.24, 2.45) is 0 Å². The number of ether oxygens (including phenoxy) is 1. The second-order valence-electron chi connectivity index (χ2n) is 5.10. The van der Waals surface area contributed by atoms with Crippen molar-refractivity contribution in [2.45, 2.75) is 39.7 Å². The normalized spacial score (nSPS) is 13.9. The van der Waals surface area contributed by atoms with Crippen LogP contribution in [-0.2, 0) is 9.53 Å². The van der Waals surface area contributed by atoms with Gasteiger partial charge in [-0.2, -0.15) is 0 Å². The molecule has 20 heavy (non-hydrogen) atoms. The van der Waals surface area contributed by atoms with Crippen molar-refractivity contribution in [3.63, 3.8) is 0 Å². The predicted molar refractivity (Wildman–Crippen MR) is 71.7 cm³/mol. The summed E-state index contributed by atoms with van der Waals surface area (Å²) in [6, 6.07) is 0.236. The van der Waals surface area contributed by atoms with Crippen molar-refractivity contribution >= 4 is 17.7 Å². The lowest BCUT2D eigenvalue weighted by Gasteiger charge is -2.05. The number of carbonyl (C=O) groups excluding carboxylic acids is 3. The smallest absolute Gasteiger partial charge is 0.355 e. The van der Waals surface area contributed by atoms with Crippen molar-refractivity contribution in [3.05, 3.63) is 22.5 Å². The first-order chi connectivity index (χ1) is 9.40. The lowest BCUT2D eigenvalue weighted by atomic mass is 10.1. The number of aromatic nitrogens is 1. The number of carbonyl (C=O) groups is 3. The lowest BCUT2D eigenvalue weighted by molar-refractivity contribution is -0.124. The first-order valence-electron chi connectivity index (χ1n) is 6.56. The van der Waals surface area contributed by atoms with E-state index in [-0.39, 0.29) is 30.0 Å². The highest BCUT2D eigenvalue weighted by Gasteiger charge is 2.25. The molecule has 2 rings (SSSR count).